The van der Waals surface area contributed by atoms with Crippen molar-refractivity contribution in [2.24, 2.45) is 0 Å². The highest BCUT2D eigenvalue weighted by Gasteiger charge is 2.14. The van der Waals surface area contributed by atoms with E-state index in [1.54, 1.807) is 12.1 Å². The van der Waals surface area contributed by atoms with E-state index in [0.29, 0.717) is 22.1 Å². The van der Waals surface area contributed by atoms with Crippen LogP contribution in [-0.2, 0) is 0 Å². The summed E-state index contributed by atoms with van der Waals surface area (Å²) in [6, 6.07) is 3.12. The summed E-state index contributed by atoms with van der Waals surface area (Å²) in [7, 11) is 1.45. The summed E-state index contributed by atoms with van der Waals surface area (Å²) >= 11 is 16.9. The maximum absolute atomic E-state index is 11.5. The molecule has 0 amide bonds. The third kappa shape index (κ3) is 4.09. The van der Waals surface area contributed by atoms with Crippen LogP contribution in [-0.4, -0.2) is 19.5 Å². The summed E-state index contributed by atoms with van der Waals surface area (Å²) < 4.78 is 10.5. The van der Waals surface area contributed by atoms with Crippen molar-refractivity contribution >= 4 is 40.6 Å². The zero-order chi connectivity index (χ0) is 13.7. The first-order valence-corrected chi connectivity index (χ1v) is 6.11. The normalized spacial score (nSPS) is 9.83. The topological polar surface area (TPSA) is 35.5 Å². The minimum absolute atomic E-state index is 0.112. The maximum atomic E-state index is 11.5. The van der Waals surface area contributed by atoms with E-state index in [2.05, 4.69) is 0 Å². The summed E-state index contributed by atoms with van der Waals surface area (Å²) in [5, 5.41) is 0.307. The van der Waals surface area contributed by atoms with Crippen molar-refractivity contribution in [2.75, 3.05) is 13.7 Å². The van der Waals surface area contributed by atoms with Gasteiger partial charge in [-0.05, 0) is 19.1 Å². The monoisotopic (exact) mass is 308 g/mol. The Kier molecular flexibility index (Phi) is 5.79. The second kappa shape index (κ2) is 6.88. The van der Waals surface area contributed by atoms with Gasteiger partial charge < -0.3 is 9.47 Å². The number of rotatable bonds is 5. The molecule has 0 saturated heterocycles. The van der Waals surface area contributed by atoms with Gasteiger partial charge in [-0.25, -0.2) is 0 Å². The lowest BCUT2D eigenvalue weighted by Crippen LogP contribution is -2.01. The van der Waals surface area contributed by atoms with Crippen LogP contribution in [0.15, 0.2) is 22.7 Å². The van der Waals surface area contributed by atoms with Gasteiger partial charge >= 0.3 is 0 Å². The van der Waals surface area contributed by atoms with Gasteiger partial charge in [0.05, 0.1) is 17.7 Å². The van der Waals surface area contributed by atoms with Crippen molar-refractivity contribution in [1.82, 2.24) is 0 Å². The zero-order valence-electron chi connectivity index (χ0n) is 9.80. The van der Waals surface area contributed by atoms with Gasteiger partial charge in [-0.15, -0.1) is 0 Å². The molecule has 3 nitrogen and oxygen atoms in total. The van der Waals surface area contributed by atoms with Crippen molar-refractivity contribution in [3.63, 3.8) is 0 Å². The third-order valence-corrected chi connectivity index (χ3v) is 2.68. The molecule has 1 rings (SSSR count). The van der Waals surface area contributed by atoms with Crippen LogP contribution in [0.5, 0.6) is 11.5 Å². The smallest absolute Gasteiger partial charge is 0.163 e. The summed E-state index contributed by atoms with van der Waals surface area (Å²) in [5.74, 6) is 0.615. The number of Topliss-reactive ketones (excluding diaryl/α,β-unsaturated/α-hetero) is 1. The standard InChI is InChI=1S/C12H11Cl3O3/c1-7(16)9-5-8(18-4-3-11(14)15)6-10(13)12(9)17-2/h3,5-6H,4H2,1-2H3. The summed E-state index contributed by atoms with van der Waals surface area (Å²) in [4.78, 5) is 11.5. The Labute approximate surface area is 120 Å². The summed E-state index contributed by atoms with van der Waals surface area (Å²) in [6.45, 7) is 1.61. The fourth-order valence-corrected chi connectivity index (χ4v) is 1.73. The predicted octanol–water partition coefficient (Wildman–Crippen LogP) is 4.25. The molecule has 0 saturated carbocycles. The van der Waals surface area contributed by atoms with Gasteiger partial charge in [0.2, 0.25) is 0 Å². The van der Waals surface area contributed by atoms with Gasteiger partial charge in [-0.3, -0.25) is 4.79 Å². The van der Waals surface area contributed by atoms with Crippen molar-refractivity contribution in [1.29, 1.82) is 0 Å². The summed E-state index contributed by atoms with van der Waals surface area (Å²) in [5.41, 5.74) is 0.362. The maximum Gasteiger partial charge on any atom is 0.163 e. The number of carbonyl (C=O) groups is 1. The number of ketones is 1. The first-order chi connectivity index (χ1) is 8.45. The molecule has 1 aromatic carbocycles. The molecule has 0 fully saturated rings. The molecular formula is C12H11Cl3O3. The Balaban J connectivity index is 3.02. The van der Waals surface area contributed by atoms with Crippen LogP contribution in [0.3, 0.4) is 0 Å². The van der Waals surface area contributed by atoms with E-state index in [-0.39, 0.29) is 16.9 Å². The first kappa shape index (κ1) is 15.2. The van der Waals surface area contributed by atoms with E-state index < -0.39 is 0 Å². The Morgan fingerprint density at radius 2 is 2.06 bits per heavy atom. The van der Waals surface area contributed by atoms with Gasteiger partial charge in [0, 0.05) is 6.07 Å². The SMILES string of the molecule is COc1c(Cl)cc(OCC=C(Cl)Cl)cc1C(C)=O. The molecule has 0 aromatic heterocycles. The Morgan fingerprint density at radius 1 is 1.39 bits per heavy atom. The van der Waals surface area contributed by atoms with Crippen LogP contribution in [0, 0.1) is 0 Å². The third-order valence-electron chi connectivity index (χ3n) is 2.09. The molecule has 0 heterocycles. The largest absolute Gasteiger partial charge is 0.494 e. The van der Waals surface area contributed by atoms with E-state index in [4.69, 9.17) is 44.3 Å². The number of benzene rings is 1. The van der Waals surface area contributed by atoms with Gasteiger partial charge in [0.15, 0.2) is 5.78 Å². The molecule has 1 aromatic rings. The van der Waals surface area contributed by atoms with Crippen LogP contribution in [0.2, 0.25) is 5.02 Å². The number of methoxy groups -OCH3 is 1. The van der Waals surface area contributed by atoms with E-state index in [9.17, 15) is 4.79 Å². The lowest BCUT2D eigenvalue weighted by Gasteiger charge is -2.11. The number of ether oxygens (including phenoxy) is 2. The van der Waals surface area contributed by atoms with Crippen LogP contribution >= 0.6 is 34.8 Å². The fraction of sp³-hybridized carbons (Fsp3) is 0.250. The lowest BCUT2D eigenvalue weighted by molar-refractivity contribution is 0.101. The number of carbonyl (C=O) groups excluding carboxylic acids is 1. The van der Waals surface area contributed by atoms with Crippen molar-refractivity contribution in [3.05, 3.63) is 33.3 Å². The molecule has 0 aliphatic rings. The molecule has 0 radical (unpaired) electrons. The van der Waals surface area contributed by atoms with E-state index >= 15 is 0 Å². The highest BCUT2D eigenvalue weighted by atomic mass is 35.5. The quantitative estimate of drug-likeness (QED) is 0.763. The molecule has 0 spiro atoms. The van der Waals surface area contributed by atoms with Crippen LogP contribution in [0.1, 0.15) is 17.3 Å². The van der Waals surface area contributed by atoms with Crippen LogP contribution in [0.25, 0.3) is 0 Å². The molecule has 0 atom stereocenters. The molecule has 0 N–H and O–H groups in total. The molecule has 0 unspecified atom stereocenters. The number of hydrogen-bond acceptors (Lipinski definition) is 3. The van der Waals surface area contributed by atoms with E-state index in [0.717, 1.165) is 0 Å². The van der Waals surface area contributed by atoms with Gasteiger partial charge in [-0.1, -0.05) is 34.8 Å². The second-order valence-corrected chi connectivity index (χ2v) is 4.76. The average molecular weight is 310 g/mol. The highest BCUT2D eigenvalue weighted by molar-refractivity contribution is 6.55. The fourth-order valence-electron chi connectivity index (χ4n) is 1.32. The van der Waals surface area contributed by atoms with E-state index in [1.807, 2.05) is 0 Å². The average Bonchev–Trinajstić information content (AvgIpc) is 2.27. The molecule has 98 valence electrons. The highest BCUT2D eigenvalue weighted by Crippen LogP contribution is 2.33. The summed E-state index contributed by atoms with van der Waals surface area (Å²) in [6.07, 6.45) is 1.48. The molecule has 6 heteroatoms. The molecule has 0 bridgehead atoms. The molecule has 0 aliphatic carbocycles. The Bertz CT molecular complexity index is 480. The van der Waals surface area contributed by atoms with Gasteiger partial charge in [0.1, 0.15) is 22.6 Å². The molecule has 18 heavy (non-hydrogen) atoms. The van der Waals surface area contributed by atoms with E-state index in [1.165, 1.54) is 20.1 Å². The molecular weight excluding hydrogens is 298 g/mol. The zero-order valence-corrected chi connectivity index (χ0v) is 12.1. The number of hydrogen-bond donors (Lipinski definition) is 0. The predicted molar refractivity (Wildman–Crippen MR) is 73.3 cm³/mol. The van der Waals surface area contributed by atoms with Crippen molar-refractivity contribution < 1.29 is 14.3 Å². The van der Waals surface area contributed by atoms with Crippen molar-refractivity contribution in [3.8, 4) is 11.5 Å². The van der Waals surface area contributed by atoms with Crippen LogP contribution < -0.4 is 9.47 Å². The minimum atomic E-state index is -0.162. The second-order valence-electron chi connectivity index (χ2n) is 3.35. The minimum Gasteiger partial charge on any atom is -0.494 e. The number of halogens is 3. The lowest BCUT2D eigenvalue weighted by atomic mass is 10.1. The van der Waals surface area contributed by atoms with Crippen molar-refractivity contribution in [2.45, 2.75) is 6.92 Å². The van der Waals surface area contributed by atoms with Gasteiger partial charge in [-0.2, -0.15) is 0 Å². The van der Waals surface area contributed by atoms with Crippen LogP contribution in [0.4, 0.5) is 0 Å². The molecule has 0 aliphatic heterocycles. The Hall–Kier alpha value is -0.900. The Morgan fingerprint density at radius 3 is 2.56 bits per heavy atom. The first-order valence-electron chi connectivity index (χ1n) is 4.98. The van der Waals surface area contributed by atoms with Gasteiger partial charge in [0.25, 0.3) is 0 Å².